The first kappa shape index (κ1) is 11.5. The SMILES string of the molecule is Cc1nn(C)cc1Nc1ccc(C(N)=S)cn1. The Morgan fingerprint density at radius 1 is 1.47 bits per heavy atom. The lowest BCUT2D eigenvalue weighted by Gasteiger charge is -2.04. The van der Waals surface area contributed by atoms with E-state index >= 15 is 0 Å². The minimum Gasteiger partial charge on any atom is -0.389 e. The molecule has 0 aromatic carbocycles. The monoisotopic (exact) mass is 247 g/mol. The van der Waals surface area contributed by atoms with E-state index in [-0.39, 0.29) is 0 Å². The van der Waals surface area contributed by atoms with Crippen molar-refractivity contribution >= 4 is 28.7 Å². The molecular weight excluding hydrogens is 234 g/mol. The Kier molecular flexibility index (Phi) is 3.06. The van der Waals surface area contributed by atoms with Gasteiger partial charge in [0.05, 0.1) is 11.4 Å². The summed E-state index contributed by atoms with van der Waals surface area (Å²) in [6.45, 7) is 1.94. The number of nitrogens with one attached hydrogen (secondary N) is 1. The molecule has 0 spiro atoms. The van der Waals surface area contributed by atoms with Crippen molar-refractivity contribution in [3.05, 3.63) is 35.8 Å². The van der Waals surface area contributed by atoms with Crippen LogP contribution in [0.1, 0.15) is 11.3 Å². The summed E-state index contributed by atoms with van der Waals surface area (Å²) in [4.78, 5) is 4.58. The van der Waals surface area contributed by atoms with Gasteiger partial charge in [0.2, 0.25) is 0 Å². The van der Waals surface area contributed by atoms with Gasteiger partial charge in [-0.15, -0.1) is 0 Å². The van der Waals surface area contributed by atoms with Crippen LogP contribution in [0.15, 0.2) is 24.5 Å². The average molecular weight is 247 g/mol. The van der Waals surface area contributed by atoms with Crippen molar-refractivity contribution in [3.8, 4) is 0 Å². The van der Waals surface area contributed by atoms with Crippen LogP contribution in [0.25, 0.3) is 0 Å². The summed E-state index contributed by atoms with van der Waals surface area (Å²) in [6.07, 6.45) is 3.55. The molecule has 0 fully saturated rings. The molecule has 17 heavy (non-hydrogen) atoms. The molecule has 0 aliphatic carbocycles. The minimum absolute atomic E-state index is 0.349. The summed E-state index contributed by atoms with van der Waals surface area (Å²) in [5.41, 5.74) is 8.12. The predicted molar refractivity (Wildman–Crippen MR) is 71.4 cm³/mol. The maximum Gasteiger partial charge on any atom is 0.130 e. The average Bonchev–Trinajstić information content (AvgIpc) is 2.58. The number of pyridine rings is 1. The van der Waals surface area contributed by atoms with Crippen molar-refractivity contribution < 1.29 is 0 Å². The lowest BCUT2D eigenvalue weighted by molar-refractivity contribution is 0.756. The zero-order valence-corrected chi connectivity index (χ0v) is 10.5. The van der Waals surface area contributed by atoms with Crippen LogP contribution >= 0.6 is 12.2 Å². The largest absolute Gasteiger partial charge is 0.389 e. The van der Waals surface area contributed by atoms with E-state index in [0.717, 1.165) is 22.8 Å². The summed E-state index contributed by atoms with van der Waals surface area (Å²) in [7, 11) is 1.88. The molecule has 0 radical (unpaired) electrons. The lowest BCUT2D eigenvalue weighted by Crippen LogP contribution is -2.09. The first-order chi connectivity index (χ1) is 8.06. The van der Waals surface area contributed by atoms with Gasteiger partial charge < -0.3 is 11.1 Å². The van der Waals surface area contributed by atoms with Crippen molar-refractivity contribution in [2.24, 2.45) is 12.8 Å². The topological polar surface area (TPSA) is 68.8 Å². The Bertz CT molecular complexity index is 543. The quantitative estimate of drug-likeness (QED) is 0.804. The van der Waals surface area contributed by atoms with Gasteiger partial charge in [-0.25, -0.2) is 4.98 Å². The Hall–Kier alpha value is -1.95. The van der Waals surface area contributed by atoms with Gasteiger partial charge in [-0.3, -0.25) is 4.68 Å². The third-order valence-corrected chi connectivity index (χ3v) is 2.56. The van der Waals surface area contributed by atoms with Gasteiger partial charge in [-0.2, -0.15) is 5.10 Å². The van der Waals surface area contributed by atoms with E-state index in [1.54, 1.807) is 10.9 Å². The number of thiocarbonyl (C=S) groups is 1. The number of aryl methyl sites for hydroxylation is 2. The van der Waals surface area contributed by atoms with Gasteiger partial charge in [-0.1, -0.05) is 12.2 Å². The first-order valence-electron chi connectivity index (χ1n) is 5.09. The van der Waals surface area contributed by atoms with E-state index in [2.05, 4.69) is 15.4 Å². The molecule has 0 saturated heterocycles. The molecule has 0 aliphatic heterocycles. The van der Waals surface area contributed by atoms with E-state index < -0.39 is 0 Å². The Balaban J connectivity index is 2.19. The molecule has 2 rings (SSSR count). The van der Waals surface area contributed by atoms with Crippen molar-refractivity contribution in [1.29, 1.82) is 0 Å². The fourth-order valence-corrected chi connectivity index (χ4v) is 1.59. The summed E-state index contributed by atoms with van der Waals surface area (Å²) in [5, 5.41) is 7.42. The van der Waals surface area contributed by atoms with Crippen molar-refractivity contribution in [2.75, 3.05) is 5.32 Å². The number of anilines is 2. The van der Waals surface area contributed by atoms with Gasteiger partial charge in [0.15, 0.2) is 0 Å². The van der Waals surface area contributed by atoms with Gasteiger partial charge in [-0.05, 0) is 19.1 Å². The van der Waals surface area contributed by atoms with Crippen LogP contribution in [0.3, 0.4) is 0 Å². The summed E-state index contributed by atoms with van der Waals surface area (Å²) in [5.74, 6) is 0.737. The van der Waals surface area contributed by atoms with E-state index in [1.165, 1.54) is 0 Å². The summed E-state index contributed by atoms with van der Waals surface area (Å²) < 4.78 is 1.75. The van der Waals surface area contributed by atoms with E-state index in [9.17, 15) is 0 Å². The standard InChI is InChI=1S/C11H13N5S/c1-7-9(6-16(2)15-7)14-10-4-3-8(5-13-10)11(12)17/h3-6H,1-2H3,(H2,12,17)(H,13,14). The zero-order valence-electron chi connectivity index (χ0n) is 9.64. The Morgan fingerprint density at radius 3 is 2.71 bits per heavy atom. The van der Waals surface area contributed by atoms with Gasteiger partial charge in [0, 0.05) is 25.0 Å². The maximum absolute atomic E-state index is 5.50. The molecular formula is C11H13N5S. The van der Waals surface area contributed by atoms with Crippen LogP contribution in [0, 0.1) is 6.92 Å². The van der Waals surface area contributed by atoms with Gasteiger partial charge in [0.25, 0.3) is 0 Å². The predicted octanol–water partition coefficient (Wildman–Crippen LogP) is 1.50. The molecule has 0 aliphatic rings. The molecule has 0 atom stereocenters. The highest BCUT2D eigenvalue weighted by Crippen LogP contribution is 2.17. The maximum atomic E-state index is 5.50. The highest BCUT2D eigenvalue weighted by molar-refractivity contribution is 7.80. The van der Waals surface area contributed by atoms with Crippen LogP contribution in [0.5, 0.6) is 0 Å². The second kappa shape index (κ2) is 4.50. The van der Waals surface area contributed by atoms with Crippen LogP contribution in [0.4, 0.5) is 11.5 Å². The highest BCUT2D eigenvalue weighted by Gasteiger charge is 2.04. The lowest BCUT2D eigenvalue weighted by atomic mass is 10.3. The fraction of sp³-hybridized carbons (Fsp3) is 0.182. The molecule has 0 amide bonds. The highest BCUT2D eigenvalue weighted by atomic mass is 32.1. The number of hydrogen-bond donors (Lipinski definition) is 2. The number of nitrogens with zero attached hydrogens (tertiary/aromatic N) is 3. The van der Waals surface area contributed by atoms with Crippen molar-refractivity contribution in [1.82, 2.24) is 14.8 Å². The minimum atomic E-state index is 0.349. The van der Waals surface area contributed by atoms with Crippen LogP contribution in [0.2, 0.25) is 0 Å². The Labute approximate surface area is 105 Å². The number of nitrogens with two attached hydrogens (primary N) is 1. The fourth-order valence-electron chi connectivity index (χ4n) is 1.47. The van der Waals surface area contributed by atoms with Crippen molar-refractivity contribution in [2.45, 2.75) is 6.92 Å². The zero-order chi connectivity index (χ0) is 12.4. The number of aromatic nitrogens is 3. The Morgan fingerprint density at radius 2 is 2.24 bits per heavy atom. The molecule has 2 aromatic heterocycles. The first-order valence-corrected chi connectivity index (χ1v) is 5.50. The van der Waals surface area contributed by atoms with Gasteiger partial charge in [0.1, 0.15) is 10.8 Å². The molecule has 88 valence electrons. The molecule has 0 unspecified atom stereocenters. The van der Waals surface area contributed by atoms with Crippen molar-refractivity contribution in [3.63, 3.8) is 0 Å². The third kappa shape index (κ3) is 2.59. The smallest absolute Gasteiger partial charge is 0.130 e. The van der Waals surface area contributed by atoms with Crippen LogP contribution < -0.4 is 11.1 Å². The second-order valence-electron chi connectivity index (χ2n) is 3.72. The molecule has 2 aromatic rings. The van der Waals surface area contributed by atoms with E-state index in [1.807, 2.05) is 32.3 Å². The van der Waals surface area contributed by atoms with E-state index in [0.29, 0.717) is 4.99 Å². The van der Waals surface area contributed by atoms with Gasteiger partial charge >= 0.3 is 0 Å². The molecule has 2 heterocycles. The molecule has 6 heteroatoms. The number of hydrogen-bond acceptors (Lipinski definition) is 4. The second-order valence-corrected chi connectivity index (χ2v) is 4.16. The number of rotatable bonds is 3. The van der Waals surface area contributed by atoms with E-state index in [4.69, 9.17) is 18.0 Å². The van der Waals surface area contributed by atoms with Crippen LogP contribution in [-0.4, -0.2) is 19.8 Å². The molecule has 5 nitrogen and oxygen atoms in total. The summed E-state index contributed by atoms with van der Waals surface area (Å²) in [6, 6.07) is 3.67. The normalized spacial score (nSPS) is 10.2. The molecule has 0 saturated carbocycles. The molecule has 3 N–H and O–H groups in total. The third-order valence-electron chi connectivity index (χ3n) is 2.32. The summed E-state index contributed by atoms with van der Waals surface area (Å²) >= 11 is 4.86. The molecule has 0 bridgehead atoms. The van der Waals surface area contributed by atoms with Crippen LogP contribution in [-0.2, 0) is 7.05 Å².